The molecule has 1 amide bonds. The fourth-order valence-corrected chi connectivity index (χ4v) is 2.22. The number of anilines is 2. The van der Waals surface area contributed by atoms with E-state index in [4.69, 9.17) is 0 Å². The molecule has 0 spiro atoms. The van der Waals surface area contributed by atoms with Gasteiger partial charge in [-0.1, -0.05) is 12.1 Å². The Hall–Kier alpha value is -1.55. The average molecular weight is 233 g/mol. The predicted molar refractivity (Wildman–Crippen MR) is 70.4 cm³/mol. The van der Waals surface area contributed by atoms with Crippen molar-refractivity contribution < 1.29 is 4.79 Å². The summed E-state index contributed by atoms with van der Waals surface area (Å²) in [5, 5.41) is 6.26. The minimum Gasteiger partial charge on any atom is -0.365 e. The molecule has 2 rings (SSSR count). The molecule has 2 N–H and O–H groups in total. The Bertz CT molecular complexity index is 405. The zero-order valence-corrected chi connectivity index (χ0v) is 10.4. The largest absolute Gasteiger partial charge is 0.365 e. The van der Waals surface area contributed by atoms with Crippen molar-refractivity contribution in [1.82, 2.24) is 5.32 Å². The highest BCUT2D eigenvalue weighted by molar-refractivity contribution is 5.92. The van der Waals surface area contributed by atoms with Crippen LogP contribution in [0.1, 0.15) is 13.8 Å². The van der Waals surface area contributed by atoms with Gasteiger partial charge in [0.05, 0.1) is 11.4 Å². The van der Waals surface area contributed by atoms with Crippen LogP contribution in [0.2, 0.25) is 0 Å². The molecule has 1 unspecified atom stereocenters. The lowest BCUT2D eigenvalue weighted by atomic mass is 10.1. The van der Waals surface area contributed by atoms with Crippen LogP contribution in [0.5, 0.6) is 0 Å². The molecule has 1 saturated heterocycles. The monoisotopic (exact) mass is 233 g/mol. The third-order valence-corrected chi connectivity index (χ3v) is 3.03. The van der Waals surface area contributed by atoms with Crippen LogP contribution in [0.15, 0.2) is 24.3 Å². The maximum atomic E-state index is 11.2. The lowest BCUT2D eigenvalue weighted by Gasteiger charge is -2.37. The molecule has 0 radical (unpaired) electrons. The Morgan fingerprint density at radius 1 is 1.47 bits per heavy atom. The number of rotatable bonds is 2. The molecule has 4 nitrogen and oxygen atoms in total. The van der Waals surface area contributed by atoms with E-state index in [0.717, 1.165) is 31.0 Å². The minimum absolute atomic E-state index is 0.0276. The Morgan fingerprint density at radius 2 is 2.24 bits per heavy atom. The highest BCUT2D eigenvalue weighted by atomic mass is 16.1. The third-order valence-electron chi connectivity index (χ3n) is 3.03. The summed E-state index contributed by atoms with van der Waals surface area (Å²) in [6.45, 7) is 6.67. The predicted octanol–water partition coefficient (Wildman–Crippen LogP) is 1.44. The summed E-state index contributed by atoms with van der Waals surface area (Å²) in [4.78, 5) is 13.5. The molecule has 1 heterocycles. The van der Waals surface area contributed by atoms with Gasteiger partial charge in [0.1, 0.15) is 0 Å². The molecular formula is C13H19N3O. The van der Waals surface area contributed by atoms with E-state index < -0.39 is 0 Å². The number of carbonyl (C=O) groups excluding carboxylic acids is 1. The molecule has 0 aromatic heterocycles. The molecule has 17 heavy (non-hydrogen) atoms. The Morgan fingerprint density at radius 3 is 2.94 bits per heavy atom. The second-order valence-electron chi connectivity index (χ2n) is 4.44. The lowest BCUT2D eigenvalue weighted by molar-refractivity contribution is -0.114. The lowest BCUT2D eigenvalue weighted by Crippen LogP contribution is -2.50. The van der Waals surface area contributed by atoms with Crippen LogP contribution < -0.4 is 15.5 Å². The number of piperazine rings is 1. The number of benzene rings is 1. The van der Waals surface area contributed by atoms with E-state index in [9.17, 15) is 4.79 Å². The Kier molecular flexibility index (Phi) is 3.64. The van der Waals surface area contributed by atoms with E-state index in [1.165, 1.54) is 6.92 Å². The van der Waals surface area contributed by atoms with Gasteiger partial charge in [-0.05, 0) is 19.1 Å². The normalized spacial score (nSPS) is 20.1. The van der Waals surface area contributed by atoms with Gasteiger partial charge in [-0.15, -0.1) is 0 Å². The van der Waals surface area contributed by atoms with Crippen molar-refractivity contribution in [3.8, 4) is 0 Å². The van der Waals surface area contributed by atoms with E-state index in [1.54, 1.807) is 0 Å². The number of nitrogens with zero attached hydrogens (tertiary/aromatic N) is 1. The molecule has 4 heteroatoms. The van der Waals surface area contributed by atoms with Gasteiger partial charge >= 0.3 is 0 Å². The van der Waals surface area contributed by atoms with E-state index in [2.05, 4.69) is 28.5 Å². The molecular weight excluding hydrogens is 214 g/mol. The van der Waals surface area contributed by atoms with Crippen LogP contribution in [0, 0.1) is 0 Å². The van der Waals surface area contributed by atoms with E-state index in [1.807, 2.05) is 18.2 Å². The van der Waals surface area contributed by atoms with E-state index >= 15 is 0 Å². The molecule has 1 aromatic rings. The topological polar surface area (TPSA) is 44.4 Å². The summed E-state index contributed by atoms with van der Waals surface area (Å²) >= 11 is 0. The van der Waals surface area contributed by atoms with Gasteiger partial charge in [-0.3, -0.25) is 4.79 Å². The van der Waals surface area contributed by atoms with Crippen molar-refractivity contribution >= 4 is 17.3 Å². The van der Waals surface area contributed by atoms with Crippen LogP contribution >= 0.6 is 0 Å². The highest BCUT2D eigenvalue weighted by Crippen LogP contribution is 2.27. The van der Waals surface area contributed by atoms with Crippen molar-refractivity contribution in [2.75, 3.05) is 29.9 Å². The first-order valence-electron chi connectivity index (χ1n) is 6.02. The molecule has 0 bridgehead atoms. The molecule has 1 aromatic carbocycles. The fourth-order valence-electron chi connectivity index (χ4n) is 2.22. The van der Waals surface area contributed by atoms with Crippen LogP contribution in [0.25, 0.3) is 0 Å². The van der Waals surface area contributed by atoms with Crippen molar-refractivity contribution in [2.24, 2.45) is 0 Å². The highest BCUT2D eigenvalue weighted by Gasteiger charge is 2.20. The number of carbonyl (C=O) groups is 1. The van der Waals surface area contributed by atoms with Crippen molar-refractivity contribution in [3.63, 3.8) is 0 Å². The van der Waals surface area contributed by atoms with Crippen molar-refractivity contribution in [3.05, 3.63) is 24.3 Å². The maximum Gasteiger partial charge on any atom is 0.221 e. The van der Waals surface area contributed by atoms with Crippen LogP contribution in [0.3, 0.4) is 0 Å². The minimum atomic E-state index is -0.0276. The van der Waals surface area contributed by atoms with Gasteiger partial charge in [0.25, 0.3) is 0 Å². The van der Waals surface area contributed by atoms with Gasteiger partial charge in [-0.2, -0.15) is 0 Å². The molecule has 1 atom stereocenters. The summed E-state index contributed by atoms with van der Waals surface area (Å²) in [5.41, 5.74) is 2.01. The van der Waals surface area contributed by atoms with Gasteiger partial charge in [0.15, 0.2) is 0 Å². The van der Waals surface area contributed by atoms with E-state index in [-0.39, 0.29) is 5.91 Å². The standard InChI is InChI=1S/C13H19N3O/c1-10-9-14-7-8-16(10)13-6-4-3-5-12(13)15-11(2)17/h3-6,10,14H,7-9H2,1-2H3,(H,15,17). The number of hydrogen-bond donors (Lipinski definition) is 2. The number of hydrogen-bond acceptors (Lipinski definition) is 3. The first kappa shape index (κ1) is 11.9. The Labute approximate surface area is 102 Å². The zero-order valence-electron chi connectivity index (χ0n) is 10.4. The van der Waals surface area contributed by atoms with Crippen LogP contribution in [-0.4, -0.2) is 31.6 Å². The van der Waals surface area contributed by atoms with Gasteiger partial charge < -0.3 is 15.5 Å². The number of para-hydroxylation sites is 2. The van der Waals surface area contributed by atoms with Crippen molar-refractivity contribution in [1.29, 1.82) is 0 Å². The smallest absolute Gasteiger partial charge is 0.221 e. The second-order valence-corrected chi connectivity index (χ2v) is 4.44. The van der Waals surface area contributed by atoms with Gasteiger partial charge in [0.2, 0.25) is 5.91 Å². The Balaban J connectivity index is 2.26. The molecule has 0 aliphatic carbocycles. The summed E-state index contributed by atoms with van der Waals surface area (Å²) < 4.78 is 0. The molecule has 1 fully saturated rings. The average Bonchev–Trinajstić information content (AvgIpc) is 2.30. The molecule has 1 aliphatic rings. The number of amides is 1. The number of nitrogens with one attached hydrogen (secondary N) is 2. The molecule has 0 saturated carbocycles. The van der Waals surface area contributed by atoms with Gasteiger partial charge in [-0.25, -0.2) is 0 Å². The zero-order chi connectivity index (χ0) is 12.3. The maximum absolute atomic E-state index is 11.2. The van der Waals surface area contributed by atoms with Crippen LogP contribution in [0.4, 0.5) is 11.4 Å². The van der Waals surface area contributed by atoms with E-state index in [0.29, 0.717) is 6.04 Å². The summed E-state index contributed by atoms with van der Waals surface area (Å²) in [7, 11) is 0. The summed E-state index contributed by atoms with van der Waals surface area (Å²) in [5.74, 6) is -0.0276. The second kappa shape index (κ2) is 5.19. The third kappa shape index (κ3) is 2.77. The summed E-state index contributed by atoms with van der Waals surface area (Å²) in [6, 6.07) is 8.41. The SMILES string of the molecule is CC(=O)Nc1ccccc1N1CCNCC1C. The van der Waals surface area contributed by atoms with Crippen molar-refractivity contribution in [2.45, 2.75) is 19.9 Å². The fraction of sp³-hybridized carbons (Fsp3) is 0.462. The first-order valence-corrected chi connectivity index (χ1v) is 6.02. The first-order chi connectivity index (χ1) is 8.18. The van der Waals surface area contributed by atoms with Crippen LogP contribution in [-0.2, 0) is 4.79 Å². The quantitative estimate of drug-likeness (QED) is 0.812. The molecule has 1 aliphatic heterocycles. The summed E-state index contributed by atoms with van der Waals surface area (Å²) in [6.07, 6.45) is 0. The van der Waals surface area contributed by atoms with Gasteiger partial charge in [0, 0.05) is 32.6 Å². The molecule has 92 valence electrons.